The second kappa shape index (κ2) is 6.07. The number of hydrogen-bond acceptors (Lipinski definition) is 5. The summed E-state index contributed by atoms with van der Waals surface area (Å²) >= 11 is 1.07. The van der Waals surface area contributed by atoms with Gasteiger partial charge in [-0.25, -0.2) is 13.2 Å². The van der Waals surface area contributed by atoms with Crippen LogP contribution in [-0.2, 0) is 21.2 Å². The number of ether oxygens (including phenoxy) is 1. The Labute approximate surface area is 139 Å². The Morgan fingerprint density at radius 1 is 1.30 bits per heavy atom. The predicted molar refractivity (Wildman–Crippen MR) is 88.1 cm³/mol. The first-order valence-electron chi connectivity index (χ1n) is 7.18. The van der Waals surface area contributed by atoms with Gasteiger partial charge in [0, 0.05) is 7.05 Å². The Bertz CT molecular complexity index is 841. The van der Waals surface area contributed by atoms with Crippen LogP contribution in [0, 0.1) is 0 Å². The number of hydrogen-bond donors (Lipinski definition) is 0. The Hall–Kier alpha value is -1.70. The van der Waals surface area contributed by atoms with Gasteiger partial charge in [-0.3, -0.25) is 0 Å². The van der Waals surface area contributed by atoms with Gasteiger partial charge >= 0.3 is 5.97 Å². The van der Waals surface area contributed by atoms with Crippen molar-refractivity contribution in [1.82, 2.24) is 4.31 Å². The maximum absolute atomic E-state index is 13.0. The Kier molecular flexibility index (Phi) is 4.27. The van der Waals surface area contributed by atoms with E-state index in [-0.39, 0.29) is 15.8 Å². The van der Waals surface area contributed by atoms with Crippen LogP contribution < -0.4 is 0 Å². The molecule has 1 aliphatic rings. The van der Waals surface area contributed by atoms with Gasteiger partial charge in [0.25, 0.3) is 0 Å². The van der Waals surface area contributed by atoms with Crippen LogP contribution in [-0.4, -0.2) is 32.8 Å². The largest absolute Gasteiger partial charge is 0.465 e. The third kappa shape index (κ3) is 2.69. The summed E-state index contributed by atoms with van der Waals surface area (Å²) in [5.41, 5.74) is 2.21. The highest BCUT2D eigenvalue weighted by atomic mass is 32.2. The Morgan fingerprint density at radius 3 is 2.78 bits per heavy atom. The van der Waals surface area contributed by atoms with E-state index < -0.39 is 16.0 Å². The molecule has 7 heteroatoms. The first-order valence-corrected chi connectivity index (χ1v) is 9.50. The molecule has 5 nitrogen and oxygen atoms in total. The molecule has 0 fully saturated rings. The average Bonchev–Trinajstić information content (AvgIpc) is 3.20. The maximum atomic E-state index is 13.0. The second-order valence-corrected chi connectivity index (χ2v) is 8.26. The van der Waals surface area contributed by atoms with Gasteiger partial charge in [0.15, 0.2) is 0 Å². The van der Waals surface area contributed by atoms with E-state index >= 15 is 0 Å². The molecule has 0 spiro atoms. The molecular formula is C16H17NO4S2. The number of methoxy groups -OCH3 is 1. The number of fused-ring (bicyclic) bond motifs is 1. The zero-order chi connectivity index (χ0) is 16.6. The van der Waals surface area contributed by atoms with Crippen molar-refractivity contribution in [2.75, 3.05) is 14.2 Å². The lowest BCUT2D eigenvalue weighted by Gasteiger charge is -2.24. The van der Waals surface area contributed by atoms with Crippen molar-refractivity contribution in [2.45, 2.75) is 23.8 Å². The van der Waals surface area contributed by atoms with Crippen molar-refractivity contribution in [3.8, 4) is 0 Å². The normalized spacial score (nSPS) is 17.3. The molecular weight excluding hydrogens is 334 g/mol. The van der Waals surface area contributed by atoms with Crippen LogP contribution in [0.4, 0.5) is 0 Å². The molecule has 1 aliphatic carbocycles. The Morgan fingerprint density at radius 2 is 2.04 bits per heavy atom. The van der Waals surface area contributed by atoms with Crippen LogP contribution in [0.3, 0.4) is 0 Å². The van der Waals surface area contributed by atoms with Crippen LogP contribution in [0.1, 0.15) is 33.3 Å². The summed E-state index contributed by atoms with van der Waals surface area (Å²) in [6, 6.07) is 9.13. The molecule has 0 amide bonds. The monoisotopic (exact) mass is 351 g/mol. The van der Waals surface area contributed by atoms with Gasteiger partial charge in [-0.1, -0.05) is 24.3 Å². The molecule has 1 atom stereocenters. The minimum absolute atomic E-state index is 0.0150. The molecule has 1 aromatic carbocycles. The summed E-state index contributed by atoms with van der Waals surface area (Å²) in [6.07, 6.45) is 1.60. The van der Waals surface area contributed by atoms with Crippen LogP contribution in [0.5, 0.6) is 0 Å². The van der Waals surface area contributed by atoms with Gasteiger partial charge in [-0.05, 0) is 35.4 Å². The van der Waals surface area contributed by atoms with Gasteiger partial charge in [0.05, 0.1) is 13.2 Å². The fraction of sp³-hybridized carbons (Fsp3) is 0.312. The number of esters is 1. The third-order valence-corrected chi connectivity index (χ3v) is 7.13. The molecule has 1 unspecified atom stereocenters. The maximum Gasteiger partial charge on any atom is 0.349 e. The first kappa shape index (κ1) is 16.2. The van der Waals surface area contributed by atoms with Crippen LogP contribution in [0.15, 0.2) is 40.6 Å². The van der Waals surface area contributed by atoms with Crippen molar-refractivity contribution in [1.29, 1.82) is 0 Å². The summed E-state index contributed by atoms with van der Waals surface area (Å²) < 4.78 is 32.0. The van der Waals surface area contributed by atoms with E-state index in [1.54, 1.807) is 12.4 Å². The number of rotatable bonds is 4. The minimum Gasteiger partial charge on any atom is -0.465 e. The van der Waals surface area contributed by atoms with E-state index in [1.165, 1.54) is 23.0 Å². The molecule has 0 aliphatic heterocycles. The second-order valence-electron chi connectivity index (χ2n) is 5.38. The smallest absolute Gasteiger partial charge is 0.349 e. The zero-order valence-electron chi connectivity index (χ0n) is 12.9. The lowest BCUT2D eigenvalue weighted by Crippen LogP contribution is -2.31. The molecule has 23 heavy (non-hydrogen) atoms. The molecule has 0 bridgehead atoms. The highest BCUT2D eigenvalue weighted by molar-refractivity contribution is 7.89. The zero-order valence-corrected chi connectivity index (χ0v) is 14.5. The van der Waals surface area contributed by atoms with Gasteiger partial charge in [0.1, 0.15) is 9.77 Å². The summed E-state index contributed by atoms with van der Waals surface area (Å²) in [4.78, 5) is 11.9. The molecule has 2 aromatic rings. The number of carbonyl (C=O) groups is 1. The highest BCUT2D eigenvalue weighted by Gasteiger charge is 2.36. The molecule has 0 saturated heterocycles. The lowest BCUT2D eigenvalue weighted by atomic mass is 10.1. The lowest BCUT2D eigenvalue weighted by molar-refractivity contribution is 0.0602. The summed E-state index contributed by atoms with van der Waals surface area (Å²) in [7, 11) is -0.949. The molecule has 0 saturated carbocycles. The topological polar surface area (TPSA) is 63.7 Å². The highest BCUT2D eigenvalue weighted by Crippen LogP contribution is 2.38. The van der Waals surface area contributed by atoms with E-state index in [1.807, 2.05) is 24.3 Å². The van der Waals surface area contributed by atoms with Crippen molar-refractivity contribution in [2.24, 2.45) is 0 Å². The Balaban J connectivity index is 1.98. The van der Waals surface area contributed by atoms with Gasteiger partial charge < -0.3 is 4.74 Å². The molecule has 1 heterocycles. The molecule has 0 radical (unpaired) electrons. The van der Waals surface area contributed by atoms with E-state index in [0.29, 0.717) is 0 Å². The summed E-state index contributed by atoms with van der Waals surface area (Å²) in [5, 5.41) is 1.59. The van der Waals surface area contributed by atoms with Gasteiger partial charge in [-0.2, -0.15) is 4.31 Å². The number of carbonyl (C=O) groups excluding carboxylic acids is 1. The predicted octanol–water partition coefficient (Wildman–Crippen LogP) is 2.84. The molecule has 3 rings (SSSR count). The molecule has 0 N–H and O–H groups in total. The van der Waals surface area contributed by atoms with Crippen LogP contribution in [0.25, 0.3) is 0 Å². The fourth-order valence-electron chi connectivity index (χ4n) is 2.98. The van der Waals surface area contributed by atoms with Crippen LogP contribution >= 0.6 is 11.3 Å². The van der Waals surface area contributed by atoms with Crippen molar-refractivity contribution in [3.63, 3.8) is 0 Å². The number of aryl methyl sites for hydroxylation is 1. The van der Waals surface area contributed by atoms with Crippen LogP contribution in [0.2, 0.25) is 0 Å². The van der Waals surface area contributed by atoms with Crippen molar-refractivity contribution >= 4 is 27.3 Å². The number of benzene rings is 1. The minimum atomic E-state index is -3.76. The SMILES string of the molecule is COC(=O)c1sccc1S(=O)(=O)N(C)C1CCc2ccccc21. The number of thiophene rings is 1. The van der Waals surface area contributed by atoms with Gasteiger partial charge in [-0.15, -0.1) is 11.3 Å². The van der Waals surface area contributed by atoms with E-state index in [9.17, 15) is 13.2 Å². The number of sulfonamides is 1. The number of nitrogens with zero attached hydrogens (tertiary/aromatic N) is 1. The van der Waals surface area contributed by atoms with Crippen molar-refractivity contribution < 1.29 is 17.9 Å². The van der Waals surface area contributed by atoms with Gasteiger partial charge in [0.2, 0.25) is 10.0 Å². The van der Waals surface area contributed by atoms with E-state index in [4.69, 9.17) is 0 Å². The van der Waals surface area contributed by atoms with E-state index in [0.717, 1.165) is 29.7 Å². The van der Waals surface area contributed by atoms with E-state index in [2.05, 4.69) is 4.74 Å². The molecule has 122 valence electrons. The average molecular weight is 351 g/mol. The standard InChI is InChI=1S/C16H17NO4S2/c1-17(13-8-7-11-5-3-4-6-12(11)13)23(19,20)14-9-10-22-15(14)16(18)21-2/h3-6,9-10,13H,7-8H2,1-2H3. The first-order chi connectivity index (χ1) is 11.0. The quantitative estimate of drug-likeness (QED) is 0.795. The van der Waals surface area contributed by atoms with Crippen molar-refractivity contribution in [3.05, 3.63) is 51.7 Å². The summed E-state index contributed by atoms with van der Waals surface area (Å²) in [6.45, 7) is 0. The third-order valence-electron chi connectivity index (χ3n) is 4.20. The summed E-state index contributed by atoms with van der Waals surface area (Å²) in [5.74, 6) is -0.626. The fourth-order valence-corrected chi connectivity index (χ4v) is 5.65. The molecule has 1 aromatic heterocycles.